The maximum Gasteiger partial charge on any atom is 1.00 e. The molecule has 0 radical (unpaired) electrons. The molecule has 0 amide bonds. The Morgan fingerprint density at radius 1 is 1.27 bits per heavy atom. The van der Waals surface area contributed by atoms with Crippen LogP contribution in [-0.2, 0) is 0 Å². The molecule has 0 saturated heterocycles. The van der Waals surface area contributed by atoms with Gasteiger partial charge in [0, 0.05) is 0 Å². The van der Waals surface area contributed by atoms with E-state index in [2.05, 4.69) is 33.8 Å². The third kappa shape index (κ3) is 9.95. The van der Waals surface area contributed by atoms with E-state index in [9.17, 15) is 0 Å². The third-order valence-electron chi connectivity index (χ3n) is 1.44. The van der Waals surface area contributed by atoms with Crippen LogP contribution in [0.4, 0.5) is 0 Å². The van der Waals surface area contributed by atoms with Crippen molar-refractivity contribution in [3.63, 3.8) is 0 Å². The van der Waals surface area contributed by atoms with E-state index < -0.39 is 0 Å². The van der Waals surface area contributed by atoms with Crippen molar-refractivity contribution in [2.24, 2.45) is 0 Å². The molecule has 0 fully saturated rings. The van der Waals surface area contributed by atoms with Gasteiger partial charge in [-0.1, -0.05) is 18.1 Å². The summed E-state index contributed by atoms with van der Waals surface area (Å²) in [6.45, 7) is 10.1. The third-order valence-corrected chi connectivity index (χ3v) is 1.44. The largest absolute Gasteiger partial charge is 1.00 e. The van der Waals surface area contributed by atoms with E-state index in [4.69, 9.17) is 0 Å². The molecule has 1 heteroatoms. The second kappa shape index (κ2) is 8.05. The van der Waals surface area contributed by atoms with Gasteiger partial charge in [-0.2, -0.15) is 0 Å². The summed E-state index contributed by atoms with van der Waals surface area (Å²) in [6.07, 6.45) is 6.49. The molecule has 0 aromatic heterocycles. The van der Waals surface area contributed by atoms with Gasteiger partial charge in [-0.15, -0.1) is 6.92 Å². The van der Waals surface area contributed by atoms with Gasteiger partial charge < -0.3 is 0 Å². The van der Waals surface area contributed by atoms with Crippen molar-refractivity contribution in [3.8, 4) is 0 Å². The van der Waals surface area contributed by atoms with Crippen molar-refractivity contribution in [2.75, 3.05) is 0 Å². The predicted molar refractivity (Wildman–Crippen MR) is 47.8 cm³/mol. The van der Waals surface area contributed by atoms with Crippen molar-refractivity contribution in [1.82, 2.24) is 0 Å². The molecule has 0 aliphatic carbocycles. The van der Waals surface area contributed by atoms with Gasteiger partial charge in [-0.25, -0.2) is 18.6 Å². The van der Waals surface area contributed by atoms with Crippen LogP contribution in [0.1, 0.15) is 33.6 Å². The van der Waals surface area contributed by atoms with Crippen LogP contribution in [0.15, 0.2) is 23.3 Å². The molecular weight excluding hydrogens is 127 g/mol. The molecule has 0 aromatic rings. The minimum Gasteiger partial charge on any atom is -0.245 e. The van der Waals surface area contributed by atoms with Gasteiger partial charge in [0.25, 0.3) is 0 Å². The number of allylic oxidation sites excluding steroid dienone is 4. The number of rotatable bonds is 3. The minimum atomic E-state index is 0. The number of hydrogen-bond donors (Lipinski definition) is 0. The summed E-state index contributed by atoms with van der Waals surface area (Å²) in [5.74, 6) is 0. The van der Waals surface area contributed by atoms with Crippen molar-refractivity contribution >= 4 is 0 Å². The van der Waals surface area contributed by atoms with Crippen LogP contribution in [0.5, 0.6) is 0 Å². The summed E-state index contributed by atoms with van der Waals surface area (Å²) in [6, 6.07) is 0. The van der Waals surface area contributed by atoms with Crippen LogP contribution in [0.25, 0.3) is 0 Å². The fraction of sp³-hybridized carbons (Fsp3) is 0.500. The Kier molecular flexibility index (Phi) is 9.90. The second-order valence-electron chi connectivity index (χ2n) is 2.87. The Hall–Kier alpha value is -0.0526. The molecule has 0 saturated carbocycles. The van der Waals surface area contributed by atoms with E-state index in [1.54, 1.807) is 0 Å². The zero-order chi connectivity index (χ0) is 7.98. The Morgan fingerprint density at radius 2 is 1.82 bits per heavy atom. The average Bonchev–Trinajstić information content (AvgIpc) is 1.87. The summed E-state index contributed by atoms with van der Waals surface area (Å²) < 4.78 is 0. The first-order chi connectivity index (χ1) is 4.66. The predicted octanol–water partition coefficient (Wildman–Crippen LogP) is 0.517. The summed E-state index contributed by atoms with van der Waals surface area (Å²) in [5, 5.41) is 0. The van der Waals surface area contributed by atoms with Gasteiger partial charge in [0.05, 0.1) is 0 Å². The molecule has 11 heavy (non-hydrogen) atoms. The topological polar surface area (TPSA) is 0 Å². The molecule has 0 N–H and O–H groups in total. The van der Waals surface area contributed by atoms with Crippen LogP contribution in [0.2, 0.25) is 0 Å². The van der Waals surface area contributed by atoms with Gasteiger partial charge >= 0.3 is 18.9 Å². The van der Waals surface area contributed by atoms with Crippen molar-refractivity contribution in [2.45, 2.75) is 33.6 Å². The maximum atomic E-state index is 3.70. The van der Waals surface area contributed by atoms with E-state index in [1.165, 1.54) is 11.1 Å². The first kappa shape index (κ1) is 13.5. The number of hydrogen-bond acceptors (Lipinski definition) is 0. The normalized spacial score (nSPS) is 10.3. The van der Waals surface area contributed by atoms with Crippen molar-refractivity contribution in [1.29, 1.82) is 0 Å². The summed E-state index contributed by atoms with van der Waals surface area (Å²) >= 11 is 0. The van der Waals surface area contributed by atoms with Crippen LogP contribution < -0.4 is 18.9 Å². The smallest absolute Gasteiger partial charge is 0.245 e. The molecule has 0 aromatic carbocycles. The molecule has 0 heterocycles. The quantitative estimate of drug-likeness (QED) is 0.308. The van der Waals surface area contributed by atoms with Crippen LogP contribution in [-0.4, -0.2) is 0 Å². The molecule has 0 atom stereocenters. The van der Waals surface area contributed by atoms with Gasteiger partial charge in [0.2, 0.25) is 0 Å². The van der Waals surface area contributed by atoms with Gasteiger partial charge in [0.15, 0.2) is 0 Å². The van der Waals surface area contributed by atoms with Gasteiger partial charge in [-0.05, 0) is 20.3 Å². The second-order valence-corrected chi connectivity index (χ2v) is 2.87. The Balaban J connectivity index is 0. The molecule has 0 nitrogen and oxygen atoms in total. The molecule has 0 aliphatic rings. The van der Waals surface area contributed by atoms with Crippen molar-refractivity contribution in [3.05, 3.63) is 30.2 Å². The van der Waals surface area contributed by atoms with E-state index in [0.717, 1.165) is 12.8 Å². The summed E-state index contributed by atoms with van der Waals surface area (Å²) in [4.78, 5) is 0. The standard InChI is InChI=1S/C10H17.Li/c1-5-10(4)8-6-7-9(2)3;/h5,7H,1,6,8H2,2-4H3;/q-1;+1/b10-5+;. The van der Waals surface area contributed by atoms with Gasteiger partial charge in [0.1, 0.15) is 0 Å². The van der Waals surface area contributed by atoms with E-state index in [1.807, 2.05) is 6.08 Å². The fourth-order valence-corrected chi connectivity index (χ4v) is 0.691. The molecule has 0 rings (SSSR count). The van der Waals surface area contributed by atoms with Gasteiger partial charge in [-0.3, -0.25) is 0 Å². The Bertz CT molecular complexity index is 139. The zero-order valence-electron chi connectivity index (χ0n) is 8.28. The first-order valence-electron chi connectivity index (χ1n) is 3.75. The summed E-state index contributed by atoms with van der Waals surface area (Å²) in [7, 11) is 0. The van der Waals surface area contributed by atoms with E-state index >= 15 is 0 Å². The van der Waals surface area contributed by atoms with Crippen molar-refractivity contribution < 1.29 is 18.9 Å². The zero-order valence-corrected chi connectivity index (χ0v) is 8.28. The average molecular weight is 144 g/mol. The summed E-state index contributed by atoms with van der Waals surface area (Å²) in [5.41, 5.74) is 2.77. The van der Waals surface area contributed by atoms with E-state index in [0.29, 0.717) is 0 Å². The maximum absolute atomic E-state index is 3.70. The van der Waals surface area contributed by atoms with Crippen LogP contribution in [0, 0.1) is 6.92 Å². The fourth-order valence-electron chi connectivity index (χ4n) is 0.691. The monoisotopic (exact) mass is 144 g/mol. The molecule has 0 spiro atoms. The minimum absolute atomic E-state index is 0. The molecule has 58 valence electrons. The van der Waals surface area contributed by atoms with Crippen LogP contribution >= 0.6 is 0 Å². The SMILES string of the molecule is [CH2-]/C=C(\C)CCC=C(C)C.[Li+]. The molecule has 0 bridgehead atoms. The first-order valence-corrected chi connectivity index (χ1v) is 3.75. The molecule has 0 aliphatic heterocycles. The van der Waals surface area contributed by atoms with Crippen LogP contribution in [0.3, 0.4) is 0 Å². The Morgan fingerprint density at radius 3 is 2.18 bits per heavy atom. The molecular formula is C10H17Li. The Labute approximate surface area is 82.9 Å². The molecule has 0 unspecified atom stereocenters. The van der Waals surface area contributed by atoms with E-state index in [-0.39, 0.29) is 18.9 Å².